The first-order valence-electron chi connectivity index (χ1n) is 11.3. The number of piperazine rings is 1. The van der Waals surface area contributed by atoms with Gasteiger partial charge in [0.15, 0.2) is 5.96 Å². The minimum Gasteiger partial charge on any atom is -0.354 e. The molecule has 9 heteroatoms. The summed E-state index contributed by atoms with van der Waals surface area (Å²) >= 11 is 6.02. The zero-order valence-corrected chi connectivity index (χ0v) is 21.9. The Morgan fingerprint density at radius 3 is 2.34 bits per heavy atom. The highest BCUT2D eigenvalue weighted by atomic mass is 127. The SMILES string of the molecule is CN=C(NCCNC(=O)C1CCCCC1)N1CCN(C(=O)Cc2cccc(Cl)c2)CC1.I. The standard InChI is InChI=1S/C23H34ClN5O2.HI/c1-25-23(27-11-10-26-22(31)19-7-3-2-4-8-19)29-14-12-28(13-15-29)21(30)17-18-6-5-9-20(24)16-18;/h5-6,9,16,19H,2-4,7-8,10-15,17H2,1H3,(H,25,27)(H,26,31);1H. The second-order valence-corrected chi connectivity index (χ2v) is 8.71. The zero-order chi connectivity index (χ0) is 22.1. The molecule has 1 saturated carbocycles. The number of aliphatic imine (C=N–C) groups is 1. The number of carbonyl (C=O) groups is 2. The molecule has 0 bridgehead atoms. The van der Waals surface area contributed by atoms with Gasteiger partial charge in [0.05, 0.1) is 6.42 Å². The third-order valence-corrected chi connectivity index (χ3v) is 6.31. The molecular formula is C23H35ClIN5O2. The van der Waals surface area contributed by atoms with Gasteiger partial charge in [-0.1, -0.05) is 43.0 Å². The van der Waals surface area contributed by atoms with Crippen LogP contribution in [0.25, 0.3) is 0 Å². The van der Waals surface area contributed by atoms with E-state index >= 15 is 0 Å². The third-order valence-electron chi connectivity index (χ3n) is 6.07. The van der Waals surface area contributed by atoms with Gasteiger partial charge in [0.1, 0.15) is 0 Å². The van der Waals surface area contributed by atoms with Crippen LogP contribution in [0.4, 0.5) is 0 Å². The Kier molecular flexibility index (Phi) is 11.6. The van der Waals surface area contributed by atoms with E-state index in [2.05, 4.69) is 20.5 Å². The van der Waals surface area contributed by atoms with Gasteiger partial charge in [-0.2, -0.15) is 0 Å². The lowest BCUT2D eigenvalue weighted by Crippen LogP contribution is -2.54. The second-order valence-electron chi connectivity index (χ2n) is 8.27. The van der Waals surface area contributed by atoms with Gasteiger partial charge in [-0.25, -0.2) is 0 Å². The number of hydrogen-bond donors (Lipinski definition) is 2. The molecule has 1 heterocycles. The lowest BCUT2D eigenvalue weighted by molar-refractivity contribution is -0.131. The summed E-state index contributed by atoms with van der Waals surface area (Å²) < 4.78 is 0. The molecule has 0 radical (unpaired) electrons. The highest BCUT2D eigenvalue weighted by Gasteiger charge is 2.23. The predicted molar refractivity (Wildman–Crippen MR) is 140 cm³/mol. The number of nitrogens with zero attached hydrogens (tertiary/aromatic N) is 3. The first kappa shape index (κ1) is 26.7. The Bertz CT molecular complexity index is 777. The van der Waals surface area contributed by atoms with Crippen LogP contribution in [-0.2, 0) is 16.0 Å². The smallest absolute Gasteiger partial charge is 0.227 e. The van der Waals surface area contributed by atoms with Gasteiger partial charge in [0.25, 0.3) is 0 Å². The van der Waals surface area contributed by atoms with E-state index in [-0.39, 0.29) is 41.7 Å². The van der Waals surface area contributed by atoms with Gasteiger partial charge in [-0.05, 0) is 30.5 Å². The molecule has 0 spiro atoms. The first-order chi connectivity index (χ1) is 15.1. The minimum absolute atomic E-state index is 0. The maximum atomic E-state index is 12.6. The molecule has 1 aromatic rings. The summed E-state index contributed by atoms with van der Waals surface area (Å²) in [7, 11) is 1.76. The topological polar surface area (TPSA) is 77.0 Å². The van der Waals surface area contributed by atoms with E-state index in [1.54, 1.807) is 7.05 Å². The molecule has 2 amide bonds. The van der Waals surface area contributed by atoms with Gasteiger partial charge >= 0.3 is 0 Å². The van der Waals surface area contributed by atoms with Crippen molar-refractivity contribution in [3.8, 4) is 0 Å². The lowest BCUT2D eigenvalue weighted by atomic mass is 9.89. The van der Waals surface area contributed by atoms with E-state index in [1.165, 1.54) is 6.42 Å². The van der Waals surface area contributed by atoms with E-state index < -0.39 is 0 Å². The van der Waals surface area contributed by atoms with Gasteiger partial charge in [0.2, 0.25) is 11.8 Å². The highest BCUT2D eigenvalue weighted by Crippen LogP contribution is 2.23. The van der Waals surface area contributed by atoms with Gasteiger partial charge in [-0.3, -0.25) is 14.6 Å². The van der Waals surface area contributed by atoms with Crippen LogP contribution in [0.3, 0.4) is 0 Å². The van der Waals surface area contributed by atoms with E-state index in [0.717, 1.165) is 50.3 Å². The van der Waals surface area contributed by atoms with E-state index in [4.69, 9.17) is 11.6 Å². The van der Waals surface area contributed by atoms with Crippen molar-refractivity contribution in [2.75, 3.05) is 46.3 Å². The number of hydrogen-bond acceptors (Lipinski definition) is 3. The monoisotopic (exact) mass is 575 g/mol. The number of rotatable bonds is 6. The Morgan fingerprint density at radius 2 is 1.69 bits per heavy atom. The van der Waals surface area contributed by atoms with Crippen molar-refractivity contribution < 1.29 is 9.59 Å². The van der Waals surface area contributed by atoms with Crippen molar-refractivity contribution >= 4 is 53.4 Å². The summed E-state index contributed by atoms with van der Waals surface area (Å²) in [6.07, 6.45) is 5.98. The molecule has 1 aliphatic carbocycles. The normalized spacial score (nSPS) is 17.5. The summed E-state index contributed by atoms with van der Waals surface area (Å²) in [5.41, 5.74) is 0.938. The molecule has 0 aromatic heterocycles. The molecule has 7 nitrogen and oxygen atoms in total. The Balaban J connectivity index is 0.00000363. The number of guanidine groups is 1. The van der Waals surface area contributed by atoms with Crippen LogP contribution in [0.1, 0.15) is 37.7 Å². The fourth-order valence-corrected chi connectivity index (χ4v) is 4.52. The summed E-state index contributed by atoms with van der Waals surface area (Å²) in [6, 6.07) is 7.46. The minimum atomic E-state index is 0. The molecule has 0 unspecified atom stereocenters. The van der Waals surface area contributed by atoms with Crippen LogP contribution in [-0.4, -0.2) is 73.9 Å². The Labute approximate surface area is 213 Å². The summed E-state index contributed by atoms with van der Waals surface area (Å²) in [5, 5.41) is 7.03. The van der Waals surface area contributed by atoms with Crippen LogP contribution >= 0.6 is 35.6 Å². The van der Waals surface area contributed by atoms with E-state index in [9.17, 15) is 9.59 Å². The van der Waals surface area contributed by atoms with Crippen LogP contribution in [0.2, 0.25) is 5.02 Å². The fraction of sp³-hybridized carbons (Fsp3) is 0.609. The van der Waals surface area contributed by atoms with Crippen molar-refractivity contribution in [3.63, 3.8) is 0 Å². The highest BCUT2D eigenvalue weighted by molar-refractivity contribution is 14.0. The van der Waals surface area contributed by atoms with Gasteiger partial charge in [0, 0.05) is 57.3 Å². The summed E-state index contributed by atoms with van der Waals surface area (Å²) in [6.45, 7) is 4.02. The molecule has 2 aliphatic rings. The second kappa shape index (κ2) is 13.9. The number of carbonyl (C=O) groups excluding carboxylic acids is 2. The van der Waals surface area contributed by atoms with Gasteiger partial charge < -0.3 is 20.4 Å². The maximum Gasteiger partial charge on any atom is 0.227 e. The quantitative estimate of drug-likeness (QED) is 0.237. The lowest BCUT2D eigenvalue weighted by Gasteiger charge is -2.36. The molecule has 1 aliphatic heterocycles. The molecule has 2 N–H and O–H groups in total. The zero-order valence-electron chi connectivity index (χ0n) is 18.8. The van der Waals surface area contributed by atoms with Gasteiger partial charge in [-0.15, -0.1) is 24.0 Å². The molecule has 0 atom stereocenters. The molecule has 32 heavy (non-hydrogen) atoms. The Hall–Kier alpha value is -1.55. The predicted octanol–water partition coefficient (Wildman–Crippen LogP) is 2.92. The first-order valence-corrected chi connectivity index (χ1v) is 11.7. The maximum absolute atomic E-state index is 12.6. The van der Waals surface area contributed by atoms with E-state index in [0.29, 0.717) is 37.6 Å². The van der Waals surface area contributed by atoms with Crippen molar-refractivity contribution in [2.45, 2.75) is 38.5 Å². The van der Waals surface area contributed by atoms with Crippen molar-refractivity contribution in [1.82, 2.24) is 20.4 Å². The van der Waals surface area contributed by atoms with E-state index in [1.807, 2.05) is 29.2 Å². The molecule has 178 valence electrons. The summed E-state index contributed by atoms with van der Waals surface area (Å²) in [5.74, 6) is 1.30. The largest absolute Gasteiger partial charge is 0.354 e. The summed E-state index contributed by atoms with van der Waals surface area (Å²) in [4.78, 5) is 33.3. The molecular weight excluding hydrogens is 541 g/mol. The molecule has 2 fully saturated rings. The number of benzene rings is 1. The molecule has 1 saturated heterocycles. The van der Waals surface area contributed by atoms with Crippen LogP contribution in [0.5, 0.6) is 0 Å². The molecule has 3 rings (SSSR count). The average molecular weight is 576 g/mol. The van der Waals surface area contributed by atoms with Crippen LogP contribution in [0, 0.1) is 5.92 Å². The average Bonchev–Trinajstić information content (AvgIpc) is 2.80. The van der Waals surface area contributed by atoms with Crippen LogP contribution < -0.4 is 10.6 Å². The molecule has 1 aromatic carbocycles. The number of amides is 2. The third kappa shape index (κ3) is 8.10. The number of halogens is 2. The number of nitrogens with one attached hydrogen (secondary N) is 2. The Morgan fingerprint density at radius 1 is 1.03 bits per heavy atom. The van der Waals surface area contributed by atoms with Crippen molar-refractivity contribution in [1.29, 1.82) is 0 Å². The van der Waals surface area contributed by atoms with Crippen molar-refractivity contribution in [3.05, 3.63) is 34.9 Å². The van der Waals surface area contributed by atoms with Crippen molar-refractivity contribution in [2.24, 2.45) is 10.9 Å². The van der Waals surface area contributed by atoms with Crippen LogP contribution in [0.15, 0.2) is 29.3 Å². The fourth-order valence-electron chi connectivity index (χ4n) is 4.30.